The molecule has 0 amide bonds. The van der Waals surface area contributed by atoms with Gasteiger partial charge in [-0.15, -0.1) is 0 Å². The van der Waals surface area contributed by atoms with Crippen LogP contribution in [0.2, 0.25) is 0 Å². The van der Waals surface area contributed by atoms with Crippen molar-refractivity contribution in [2.45, 2.75) is 39.5 Å². The molecule has 1 aromatic rings. The van der Waals surface area contributed by atoms with Gasteiger partial charge in [-0.3, -0.25) is 4.68 Å². The smallest absolute Gasteiger partial charge is 0.138 e. The van der Waals surface area contributed by atoms with Crippen molar-refractivity contribution < 1.29 is 0 Å². The third-order valence-corrected chi connectivity index (χ3v) is 3.81. The highest BCUT2D eigenvalue weighted by Crippen LogP contribution is 2.42. The monoisotopic (exact) mass is 236 g/mol. The topological polar surface area (TPSA) is 42.7 Å². The SMILES string of the molecule is CC(C)CNCC1(Cc2ncnn2C)CCC1. The van der Waals surface area contributed by atoms with Crippen molar-refractivity contribution in [2.75, 3.05) is 13.1 Å². The first-order chi connectivity index (χ1) is 8.11. The van der Waals surface area contributed by atoms with E-state index in [4.69, 9.17) is 0 Å². The van der Waals surface area contributed by atoms with Gasteiger partial charge in [-0.1, -0.05) is 20.3 Å². The molecule has 0 atom stereocenters. The lowest BCUT2D eigenvalue weighted by Crippen LogP contribution is -2.43. The average Bonchev–Trinajstić information content (AvgIpc) is 2.60. The highest BCUT2D eigenvalue weighted by molar-refractivity contribution is 4.99. The lowest BCUT2D eigenvalue weighted by atomic mass is 9.66. The summed E-state index contributed by atoms with van der Waals surface area (Å²) in [6, 6.07) is 0. The maximum absolute atomic E-state index is 4.35. The molecule has 1 aliphatic carbocycles. The fraction of sp³-hybridized carbons (Fsp3) is 0.846. The van der Waals surface area contributed by atoms with Crippen molar-refractivity contribution in [1.29, 1.82) is 0 Å². The van der Waals surface area contributed by atoms with Crippen molar-refractivity contribution in [2.24, 2.45) is 18.4 Å². The van der Waals surface area contributed by atoms with Crippen molar-refractivity contribution in [3.63, 3.8) is 0 Å². The van der Waals surface area contributed by atoms with Crippen LogP contribution in [0.15, 0.2) is 6.33 Å². The number of aromatic nitrogens is 3. The van der Waals surface area contributed by atoms with Gasteiger partial charge in [0.1, 0.15) is 12.2 Å². The van der Waals surface area contributed by atoms with Crippen LogP contribution in [-0.2, 0) is 13.5 Å². The minimum atomic E-state index is 0.440. The zero-order valence-electron chi connectivity index (χ0n) is 11.2. The van der Waals surface area contributed by atoms with Gasteiger partial charge in [-0.2, -0.15) is 5.10 Å². The van der Waals surface area contributed by atoms with E-state index in [9.17, 15) is 0 Å². The molecule has 4 nitrogen and oxygen atoms in total. The van der Waals surface area contributed by atoms with Crippen LogP contribution in [0.1, 0.15) is 38.9 Å². The first-order valence-corrected chi connectivity index (χ1v) is 6.65. The van der Waals surface area contributed by atoms with Crippen LogP contribution in [0.3, 0.4) is 0 Å². The zero-order valence-corrected chi connectivity index (χ0v) is 11.2. The predicted octanol–water partition coefficient (Wildman–Crippen LogP) is 1.77. The molecule has 17 heavy (non-hydrogen) atoms. The third kappa shape index (κ3) is 3.06. The Bertz CT molecular complexity index is 352. The van der Waals surface area contributed by atoms with Crippen LogP contribution >= 0.6 is 0 Å². The number of aryl methyl sites for hydroxylation is 1. The minimum Gasteiger partial charge on any atom is -0.316 e. The van der Waals surface area contributed by atoms with Gasteiger partial charge >= 0.3 is 0 Å². The molecule has 4 heteroatoms. The fourth-order valence-electron chi connectivity index (χ4n) is 2.53. The van der Waals surface area contributed by atoms with Crippen LogP contribution in [0.25, 0.3) is 0 Å². The molecule has 0 aromatic carbocycles. The van der Waals surface area contributed by atoms with E-state index in [2.05, 4.69) is 29.2 Å². The molecule has 0 spiro atoms. The van der Waals surface area contributed by atoms with Crippen molar-refractivity contribution in [1.82, 2.24) is 20.1 Å². The Hall–Kier alpha value is -0.900. The third-order valence-electron chi connectivity index (χ3n) is 3.81. The molecule has 1 aromatic heterocycles. The Labute approximate surface area is 104 Å². The molecule has 1 heterocycles. The maximum atomic E-state index is 4.35. The summed E-state index contributed by atoms with van der Waals surface area (Å²) in [5.41, 5.74) is 0.440. The van der Waals surface area contributed by atoms with Crippen LogP contribution in [0.4, 0.5) is 0 Å². The van der Waals surface area contributed by atoms with E-state index in [0.29, 0.717) is 5.41 Å². The average molecular weight is 236 g/mol. The normalized spacial score (nSPS) is 18.4. The number of hydrogen-bond acceptors (Lipinski definition) is 3. The number of nitrogens with one attached hydrogen (secondary N) is 1. The Balaban J connectivity index is 1.89. The van der Waals surface area contributed by atoms with Crippen molar-refractivity contribution in [3.8, 4) is 0 Å². The second kappa shape index (κ2) is 5.17. The summed E-state index contributed by atoms with van der Waals surface area (Å²) in [4.78, 5) is 4.35. The van der Waals surface area contributed by atoms with E-state index in [1.54, 1.807) is 6.33 Å². The van der Waals surface area contributed by atoms with Gasteiger partial charge in [-0.25, -0.2) is 4.98 Å². The second-order valence-electron chi connectivity index (χ2n) is 5.85. The minimum absolute atomic E-state index is 0.440. The van der Waals surface area contributed by atoms with Crippen LogP contribution in [-0.4, -0.2) is 27.9 Å². The lowest BCUT2D eigenvalue weighted by Gasteiger charge is -2.42. The van der Waals surface area contributed by atoms with Gasteiger partial charge in [0.25, 0.3) is 0 Å². The highest BCUT2D eigenvalue weighted by Gasteiger charge is 2.37. The largest absolute Gasteiger partial charge is 0.316 e. The highest BCUT2D eigenvalue weighted by atomic mass is 15.3. The standard InChI is InChI=1S/C13H24N4/c1-11(2)8-14-9-13(5-4-6-13)7-12-15-10-16-17(12)3/h10-11,14H,4-9H2,1-3H3. The summed E-state index contributed by atoms with van der Waals surface area (Å²) >= 11 is 0. The number of nitrogens with zero attached hydrogens (tertiary/aromatic N) is 3. The van der Waals surface area contributed by atoms with E-state index in [1.165, 1.54) is 19.3 Å². The molecule has 2 rings (SSSR count). The van der Waals surface area contributed by atoms with Gasteiger partial charge in [0.15, 0.2) is 0 Å². The summed E-state index contributed by atoms with van der Waals surface area (Å²) in [6.07, 6.45) is 6.73. The molecular weight excluding hydrogens is 212 g/mol. The quantitative estimate of drug-likeness (QED) is 0.818. The molecular formula is C13H24N4. The summed E-state index contributed by atoms with van der Waals surface area (Å²) < 4.78 is 1.91. The van der Waals surface area contributed by atoms with Gasteiger partial charge in [0, 0.05) is 20.0 Å². The van der Waals surface area contributed by atoms with Crippen molar-refractivity contribution in [3.05, 3.63) is 12.2 Å². The molecule has 0 aliphatic heterocycles. The molecule has 96 valence electrons. The van der Waals surface area contributed by atoms with Gasteiger partial charge < -0.3 is 5.32 Å². The summed E-state index contributed by atoms with van der Waals surface area (Å²) in [6.45, 7) is 6.74. The van der Waals surface area contributed by atoms with E-state index >= 15 is 0 Å². The molecule has 0 unspecified atom stereocenters. The Morgan fingerprint density at radius 2 is 2.24 bits per heavy atom. The second-order valence-corrected chi connectivity index (χ2v) is 5.85. The molecule has 1 saturated carbocycles. The molecule has 1 aliphatic rings. The fourth-order valence-corrected chi connectivity index (χ4v) is 2.53. The van der Waals surface area contributed by atoms with Crippen LogP contribution < -0.4 is 5.32 Å². The molecule has 1 fully saturated rings. The van der Waals surface area contributed by atoms with Crippen molar-refractivity contribution >= 4 is 0 Å². The van der Waals surface area contributed by atoms with E-state index in [1.807, 2.05) is 11.7 Å². The van der Waals surface area contributed by atoms with Gasteiger partial charge in [0.05, 0.1) is 0 Å². The molecule has 1 N–H and O–H groups in total. The van der Waals surface area contributed by atoms with E-state index in [-0.39, 0.29) is 0 Å². The maximum Gasteiger partial charge on any atom is 0.138 e. The van der Waals surface area contributed by atoms with E-state index < -0.39 is 0 Å². The number of hydrogen-bond donors (Lipinski definition) is 1. The molecule has 0 bridgehead atoms. The molecule has 0 radical (unpaired) electrons. The Morgan fingerprint density at radius 3 is 2.71 bits per heavy atom. The zero-order chi connectivity index (χ0) is 12.3. The van der Waals surface area contributed by atoms with Gasteiger partial charge in [-0.05, 0) is 30.7 Å². The first-order valence-electron chi connectivity index (χ1n) is 6.65. The lowest BCUT2D eigenvalue weighted by molar-refractivity contribution is 0.124. The summed E-state index contributed by atoms with van der Waals surface area (Å²) in [7, 11) is 1.98. The summed E-state index contributed by atoms with van der Waals surface area (Å²) in [5, 5.41) is 7.75. The molecule has 0 saturated heterocycles. The number of rotatable bonds is 6. The van der Waals surface area contributed by atoms with Crippen LogP contribution in [0, 0.1) is 11.3 Å². The Kier molecular flexibility index (Phi) is 3.82. The van der Waals surface area contributed by atoms with Crippen LogP contribution in [0.5, 0.6) is 0 Å². The van der Waals surface area contributed by atoms with E-state index in [0.717, 1.165) is 31.3 Å². The first kappa shape index (κ1) is 12.6. The Morgan fingerprint density at radius 1 is 1.47 bits per heavy atom. The summed E-state index contributed by atoms with van der Waals surface area (Å²) in [5.74, 6) is 1.85. The van der Waals surface area contributed by atoms with Gasteiger partial charge in [0.2, 0.25) is 0 Å². The predicted molar refractivity (Wildman–Crippen MR) is 68.7 cm³/mol.